The maximum atomic E-state index is 12.6. The fourth-order valence-electron chi connectivity index (χ4n) is 3.02. The Kier molecular flexibility index (Phi) is 4.04. The number of hydrogen-bond acceptors (Lipinski definition) is 2. The average molecular weight is 284 g/mol. The highest BCUT2D eigenvalue weighted by Gasteiger charge is 2.25. The second kappa shape index (κ2) is 6.12. The van der Waals surface area contributed by atoms with Gasteiger partial charge in [-0.1, -0.05) is 30.4 Å². The first-order chi connectivity index (χ1) is 10.2. The molecule has 1 aromatic carbocycles. The number of nitrogens with one attached hydrogen (secondary N) is 1. The van der Waals surface area contributed by atoms with Crippen molar-refractivity contribution in [2.24, 2.45) is 0 Å². The molecule has 21 heavy (non-hydrogen) atoms. The second-order valence-corrected chi connectivity index (χ2v) is 5.66. The van der Waals surface area contributed by atoms with Gasteiger partial charge in [0.25, 0.3) is 0 Å². The number of carbonyl (C=O) groups is 2. The topological polar surface area (TPSA) is 49.4 Å². The van der Waals surface area contributed by atoms with Crippen LogP contribution in [0, 0.1) is 0 Å². The predicted octanol–water partition coefficient (Wildman–Crippen LogP) is 2.50. The van der Waals surface area contributed by atoms with Crippen LogP contribution in [0.25, 0.3) is 6.08 Å². The van der Waals surface area contributed by atoms with Crippen molar-refractivity contribution < 1.29 is 9.59 Å². The molecule has 0 saturated carbocycles. The summed E-state index contributed by atoms with van der Waals surface area (Å²) in [7, 11) is 0. The Bertz CT molecular complexity index is 580. The van der Waals surface area contributed by atoms with E-state index in [1.54, 1.807) is 0 Å². The smallest absolute Gasteiger partial charge is 0.229 e. The van der Waals surface area contributed by atoms with Gasteiger partial charge in [-0.15, -0.1) is 0 Å². The summed E-state index contributed by atoms with van der Waals surface area (Å²) < 4.78 is 0. The first-order valence-electron chi connectivity index (χ1n) is 7.59. The van der Waals surface area contributed by atoms with Gasteiger partial charge in [0.15, 0.2) is 0 Å². The van der Waals surface area contributed by atoms with Gasteiger partial charge in [0.1, 0.15) is 0 Å². The number of hydrogen-bond donors (Lipinski definition) is 1. The lowest BCUT2D eigenvalue weighted by Gasteiger charge is -2.27. The SMILES string of the molecule is O=C1CCCC(CC(=O)N2CCC=Cc3ccccc32)N1. The van der Waals surface area contributed by atoms with Gasteiger partial charge < -0.3 is 10.2 Å². The van der Waals surface area contributed by atoms with Gasteiger partial charge in [-0.25, -0.2) is 0 Å². The summed E-state index contributed by atoms with van der Waals surface area (Å²) in [5, 5.41) is 2.92. The van der Waals surface area contributed by atoms with Crippen LogP contribution in [0.1, 0.15) is 37.7 Å². The molecule has 0 aromatic heterocycles. The highest BCUT2D eigenvalue weighted by atomic mass is 16.2. The second-order valence-electron chi connectivity index (χ2n) is 5.66. The Hall–Kier alpha value is -2.10. The number of piperidine rings is 1. The van der Waals surface area contributed by atoms with Crippen LogP contribution in [-0.2, 0) is 9.59 Å². The molecule has 0 aliphatic carbocycles. The van der Waals surface area contributed by atoms with Gasteiger partial charge in [-0.2, -0.15) is 0 Å². The van der Waals surface area contributed by atoms with E-state index in [1.165, 1.54) is 0 Å². The number of anilines is 1. The molecule has 110 valence electrons. The van der Waals surface area contributed by atoms with Crippen molar-refractivity contribution in [3.8, 4) is 0 Å². The van der Waals surface area contributed by atoms with Crippen LogP contribution in [0.2, 0.25) is 0 Å². The summed E-state index contributed by atoms with van der Waals surface area (Å²) in [4.78, 5) is 25.9. The van der Waals surface area contributed by atoms with Crippen molar-refractivity contribution in [1.29, 1.82) is 0 Å². The Morgan fingerprint density at radius 2 is 2.19 bits per heavy atom. The van der Waals surface area contributed by atoms with Crippen molar-refractivity contribution in [2.75, 3.05) is 11.4 Å². The molecule has 2 amide bonds. The number of carbonyl (C=O) groups excluding carboxylic acids is 2. The van der Waals surface area contributed by atoms with Crippen LogP contribution in [0.15, 0.2) is 30.3 Å². The minimum Gasteiger partial charge on any atom is -0.353 e. The molecular formula is C17H20N2O2. The Labute approximate surface area is 124 Å². The predicted molar refractivity (Wildman–Crippen MR) is 82.8 cm³/mol. The number of rotatable bonds is 2. The fraction of sp³-hybridized carbons (Fsp3) is 0.412. The van der Waals surface area contributed by atoms with E-state index in [0.717, 1.165) is 30.5 Å². The molecule has 1 N–H and O–H groups in total. The summed E-state index contributed by atoms with van der Waals surface area (Å²) >= 11 is 0. The maximum Gasteiger partial charge on any atom is 0.229 e. The molecule has 1 atom stereocenters. The Morgan fingerprint density at radius 3 is 3.05 bits per heavy atom. The van der Waals surface area contributed by atoms with E-state index in [2.05, 4.69) is 17.5 Å². The molecule has 2 aliphatic heterocycles. The van der Waals surface area contributed by atoms with Crippen molar-refractivity contribution in [2.45, 2.75) is 38.1 Å². The monoisotopic (exact) mass is 284 g/mol. The normalized spacial score (nSPS) is 21.4. The zero-order chi connectivity index (χ0) is 14.7. The number of fused-ring (bicyclic) bond motifs is 1. The largest absolute Gasteiger partial charge is 0.353 e. The molecule has 2 aliphatic rings. The average Bonchev–Trinajstić information content (AvgIpc) is 2.69. The van der Waals surface area contributed by atoms with Crippen LogP contribution in [-0.4, -0.2) is 24.4 Å². The molecule has 3 rings (SSSR count). The molecule has 1 saturated heterocycles. The molecule has 0 radical (unpaired) electrons. The number of benzene rings is 1. The highest BCUT2D eigenvalue weighted by molar-refractivity contribution is 5.96. The van der Waals surface area contributed by atoms with Crippen LogP contribution < -0.4 is 10.2 Å². The van der Waals surface area contributed by atoms with E-state index in [0.29, 0.717) is 19.4 Å². The van der Waals surface area contributed by atoms with Crippen LogP contribution >= 0.6 is 0 Å². The van der Waals surface area contributed by atoms with E-state index >= 15 is 0 Å². The lowest BCUT2D eigenvalue weighted by molar-refractivity contribution is -0.124. The summed E-state index contributed by atoms with van der Waals surface area (Å²) in [5.41, 5.74) is 2.05. The van der Waals surface area contributed by atoms with E-state index in [4.69, 9.17) is 0 Å². The van der Waals surface area contributed by atoms with Crippen molar-refractivity contribution >= 4 is 23.6 Å². The third-order valence-electron chi connectivity index (χ3n) is 4.09. The highest BCUT2D eigenvalue weighted by Crippen LogP contribution is 2.26. The van der Waals surface area contributed by atoms with Crippen molar-refractivity contribution in [3.63, 3.8) is 0 Å². The molecule has 4 heteroatoms. The molecule has 0 spiro atoms. The molecule has 1 fully saturated rings. The third kappa shape index (κ3) is 3.15. The van der Waals surface area contributed by atoms with Crippen LogP contribution in [0.3, 0.4) is 0 Å². The third-order valence-corrected chi connectivity index (χ3v) is 4.09. The quantitative estimate of drug-likeness (QED) is 0.907. The number of nitrogens with zero attached hydrogens (tertiary/aromatic N) is 1. The van der Waals surface area contributed by atoms with Crippen LogP contribution in [0.5, 0.6) is 0 Å². The lowest BCUT2D eigenvalue weighted by atomic mass is 10.0. The maximum absolute atomic E-state index is 12.6. The summed E-state index contributed by atoms with van der Waals surface area (Å²) in [6.07, 6.45) is 7.78. The van der Waals surface area contributed by atoms with Gasteiger partial charge in [-0.05, 0) is 30.9 Å². The summed E-state index contributed by atoms with van der Waals surface area (Å²) in [6.45, 7) is 0.701. The van der Waals surface area contributed by atoms with Gasteiger partial charge in [0.05, 0.1) is 5.69 Å². The molecule has 1 unspecified atom stereocenters. The van der Waals surface area contributed by atoms with Gasteiger partial charge >= 0.3 is 0 Å². The standard InChI is InChI=1S/C17H20N2O2/c20-16-10-5-8-14(18-16)12-17(21)19-11-4-3-7-13-6-1-2-9-15(13)19/h1-3,6-7,9,14H,4-5,8,10-12H2,(H,18,20). The van der Waals surface area contributed by atoms with Gasteiger partial charge in [0, 0.05) is 25.4 Å². The van der Waals surface area contributed by atoms with Crippen LogP contribution in [0.4, 0.5) is 5.69 Å². The molecule has 4 nitrogen and oxygen atoms in total. The molecule has 1 aromatic rings. The zero-order valence-corrected chi connectivity index (χ0v) is 12.0. The first-order valence-corrected chi connectivity index (χ1v) is 7.59. The minimum atomic E-state index is -0.0119. The number of amides is 2. The lowest BCUT2D eigenvalue weighted by Crippen LogP contribution is -2.43. The first kappa shape index (κ1) is 13.9. The molecule has 2 heterocycles. The van der Waals surface area contributed by atoms with Crippen molar-refractivity contribution in [3.05, 3.63) is 35.9 Å². The Morgan fingerprint density at radius 1 is 1.33 bits per heavy atom. The molecule has 0 bridgehead atoms. The van der Waals surface area contributed by atoms with E-state index in [9.17, 15) is 9.59 Å². The number of para-hydroxylation sites is 1. The van der Waals surface area contributed by atoms with Gasteiger partial charge in [-0.3, -0.25) is 9.59 Å². The van der Waals surface area contributed by atoms with E-state index in [-0.39, 0.29) is 17.9 Å². The van der Waals surface area contributed by atoms with Gasteiger partial charge in [0.2, 0.25) is 11.8 Å². The van der Waals surface area contributed by atoms with E-state index in [1.807, 2.05) is 29.2 Å². The van der Waals surface area contributed by atoms with E-state index < -0.39 is 0 Å². The van der Waals surface area contributed by atoms with Crippen molar-refractivity contribution in [1.82, 2.24) is 5.32 Å². The zero-order valence-electron chi connectivity index (χ0n) is 12.0. The Balaban J connectivity index is 1.74. The molecular weight excluding hydrogens is 264 g/mol. The summed E-state index contributed by atoms with van der Waals surface area (Å²) in [5.74, 6) is 0.162. The fourth-order valence-corrected chi connectivity index (χ4v) is 3.02. The summed E-state index contributed by atoms with van der Waals surface area (Å²) in [6, 6.07) is 7.95. The minimum absolute atomic E-state index is 0.0119.